The van der Waals surface area contributed by atoms with Crippen molar-refractivity contribution in [2.75, 3.05) is 14.2 Å². The molecule has 0 spiro atoms. The van der Waals surface area contributed by atoms with Gasteiger partial charge in [-0.2, -0.15) is 0 Å². The van der Waals surface area contributed by atoms with Crippen LogP contribution in [0.4, 0.5) is 0 Å². The lowest BCUT2D eigenvalue weighted by atomic mass is 9.93. The Labute approximate surface area is 112 Å². The Hall–Kier alpha value is -1.91. The van der Waals surface area contributed by atoms with Crippen LogP contribution in [0.3, 0.4) is 0 Å². The fourth-order valence-electron chi connectivity index (χ4n) is 2.01. The number of hydrogen-bond acceptors (Lipinski definition) is 4. The number of aliphatic hydroxyl groups is 1. The zero-order valence-electron chi connectivity index (χ0n) is 10.9. The molecule has 0 aliphatic heterocycles. The van der Waals surface area contributed by atoms with Crippen LogP contribution in [0.1, 0.15) is 12.0 Å². The van der Waals surface area contributed by atoms with E-state index in [1.54, 1.807) is 36.4 Å². The number of hydrogen-bond donors (Lipinski definition) is 1. The van der Waals surface area contributed by atoms with Gasteiger partial charge in [0.15, 0.2) is 11.6 Å². The van der Waals surface area contributed by atoms with Crippen molar-refractivity contribution < 1.29 is 19.4 Å². The van der Waals surface area contributed by atoms with Crippen molar-refractivity contribution >= 4 is 11.5 Å². The van der Waals surface area contributed by atoms with Crippen molar-refractivity contribution in [2.24, 2.45) is 0 Å². The minimum absolute atomic E-state index is 0.0253. The molecule has 0 radical (unpaired) electrons. The van der Waals surface area contributed by atoms with Crippen LogP contribution in [0.25, 0.3) is 5.76 Å². The maximum absolute atomic E-state index is 12.1. The lowest BCUT2D eigenvalue weighted by molar-refractivity contribution is -0.178. The Bertz CT molecular complexity index is 524. The number of allylic oxidation sites excluding steroid dienone is 2. The number of carbonyl (C=O) groups excluding carboxylic acids is 1. The number of ketones is 1. The lowest BCUT2D eigenvalue weighted by Gasteiger charge is -2.30. The van der Waals surface area contributed by atoms with Gasteiger partial charge in [-0.1, -0.05) is 30.3 Å². The van der Waals surface area contributed by atoms with E-state index in [1.807, 2.05) is 6.07 Å². The first kappa shape index (κ1) is 13.5. The third-order valence-electron chi connectivity index (χ3n) is 3.20. The average molecular weight is 260 g/mol. The summed E-state index contributed by atoms with van der Waals surface area (Å²) in [6.07, 6.45) is 3.23. The van der Waals surface area contributed by atoms with Gasteiger partial charge in [-0.05, 0) is 12.2 Å². The first-order valence-corrected chi connectivity index (χ1v) is 5.93. The third-order valence-corrected chi connectivity index (χ3v) is 3.20. The molecule has 1 aromatic carbocycles. The molecule has 4 heteroatoms. The van der Waals surface area contributed by atoms with Gasteiger partial charge in [0.1, 0.15) is 5.76 Å². The zero-order chi connectivity index (χ0) is 13.9. The van der Waals surface area contributed by atoms with Crippen LogP contribution in [-0.2, 0) is 14.3 Å². The Kier molecular flexibility index (Phi) is 3.83. The molecule has 0 fully saturated rings. The first-order chi connectivity index (χ1) is 9.12. The normalized spacial score (nSPS) is 20.4. The number of methoxy groups -OCH3 is 2. The Morgan fingerprint density at radius 1 is 1.21 bits per heavy atom. The maximum atomic E-state index is 12.1. The van der Waals surface area contributed by atoms with Crippen molar-refractivity contribution in [3.63, 3.8) is 0 Å². The van der Waals surface area contributed by atoms with Gasteiger partial charge in [0.05, 0.1) is 12.0 Å². The molecule has 0 unspecified atom stereocenters. The second-order valence-electron chi connectivity index (χ2n) is 4.28. The zero-order valence-corrected chi connectivity index (χ0v) is 10.9. The summed E-state index contributed by atoms with van der Waals surface area (Å²) in [6.45, 7) is 0. The van der Waals surface area contributed by atoms with E-state index in [2.05, 4.69) is 0 Å². The number of rotatable bonds is 3. The summed E-state index contributed by atoms with van der Waals surface area (Å²) in [5.74, 6) is -1.27. The Morgan fingerprint density at radius 2 is 1.84 bits per heavy atom. The molecule has 0 saturated heterocycles. The van der Waals surface area contributed by atoms with Crippen molar-refractivity contribution in [1.29, 1.82) is 0 Å². The largest absolute Gasteiger partial charge is 0.507 e. The van der Waals surface area contributed by atoms with Gasteiger partial charge in [-0.15, -0.1) is 0 Å². The monoisotopic (exact) mass is 260 g/mol. The highest BCUT2D eigenvalue weighted by Gasteiger charge is 2.35. The summed E-state index contributed by atoms with van der Waals surface area (Å²) in [6, 6.07) is 8.95. The SMILES string of the molecule is COC1(OC)C=C/C(=C(/O)c2ccccc2)C(=O)C1. The van der Waals surface area contributed by atoms with Crippen molar-refractivity contribution in [2.45, 2.75) is 12.2 Å². The van der Waals surface area contributed by atoms with Crippen molar-refractivity contribution in [3.05, 3.63) is 53.6 Å². The third kappa shape index (κ3) is 2.59. The van der Waals surface area contributed by atoms with Gasteiger partial charge in [0.25, 0.3) is 0 Å². The summed E-state index contributed by atoms with van der Waals surface area (Å²) >= 11 is 0. The summed E-state index contributed by atoms with van der Waals surface area (Å²) < 4.78 is 10.4. The van der Waals surface area contributed by atoms with Crippen LogP contribution < -0.4 is 0 Å². The highest BCUT2D eigenvalue weighted by molar-refractivity contribution is 6.05. The predicted octanol–water partition coefficient (Wildman–Crippen LogP) is 2.47. The quantitative estimate of drug-likeness (QED) is 0.515. The van der Waals surface area contributed by atoms with E-state index in [9.17, 15) is 9.90 Å². The van der Waals surface area contributed by atoms with E-state index < -0.39 is 5.79 Å². The van der Waals surface area contributed by atoms with Gasteiger partial charge in [-0.3, -0.25) is 4.79 Å². The van der Waals surface area contributed by atoms with Gasteiger partial charge in [-0.25, -0.2) is 0 Å². The minimum atomic E-state index is -1.03. The van der Waals surface area contributed by atoms with Crippen molar-refractivity contribution in [1.82, 2.24) is 0 Å². The second-order valence-corrected chi connectivity index (χ2v) is 4.28. The fraction of sp³-hybridized carbons (Fsp3) is 0.267. The van der Waals surface area contributed by atoms with E-state index >= 15 is 0 Å². The summed E-state index contributed by atoms with van der Waals surface area (Å²) in [4.78, 5) is 12.1. The molecule has 19 heavy (non-hydrogen) atoms. The molecule has 0 amide bonds. The molecule has 100 valence electrons. The van der Waals surface area contributed by atoms with E-state index in [4.69, 9.17) is 9.47 Å². The van der Waals surface area contributed by atoms with E-state index in [1.165, 1.54) is 14.2 Å². The smallest absolute Gasteiger partial charge is 0.194 e. The van der Waals surface area contributed by atoms with Gasteiger partial charge < -0.3 is 14.6 Å². The number of aliphatic hydroxyl groups excluding tert-OH is 1. The highest BCUT2D eigenvalue weighted by Crippen LogP contribution is 2.29. The van der Waals surface area contributed by atoms with Gasteiger partial charge >= 0.3 is 0 Å². The summed E-state index contributed by atoms with van der Waals surface area (Å²) in [5.41, 5.74) is 0.883. The summed E-state index contributed by atoms with van der Waals surface area (Å²) in [7, 11) is 2.96. The predicted molar refractivity (Wildman–Crippen MR) is 71.5 cm³/mol. The van der Waals surface area contributed by atoms with Crippen LogP contribution >= 0.6 is 0 Å². The molecule has 1 aliphatic rings. The van der Waals surface area contributed by atoms with Gasteiger partial charge in [0, 0.05) is 19.8 Å². The molecule has 0 saturated carbocycles. The first-order valence-electron chi connectivity index (χ1n) is 5.93. The van der Waals surface area contributed by atoms with Crippen LogP contribution in [0.5, 0.6) is 0 Å². The molecule has 0 atom stereocenters. The molecule has 0 bridgehead atoms. The standard InChI is InChI=1S/C15H16O4/c1-18-15(19-2)9-8-12(13(16)10-15)14(17)11-6-4-3-5-7-11/h3-9,17H,10H2,1-2H3/b14-12-. The van der Waals surface area contributed by atoms with E-state index in [0.29, 0.717) is 5.56 Å². The molecule has 4 nitrogen and oxygen atoms in total. The van der Waals surface area contributed by atoms with E-state index in [-0.39, 0.29) is 23.5 Å². The summed E-state index contributed by atoms with van der Waals surface area (Å²) in [5, 5.41) is 10.2. The molecular weight excluding hydrogens is 244 g/mol. The highest BCUT2D eigenvalue weighted by atomic mass is 16.7. The lowest BCUT2D eigenvalue weighted by Crippen LogP contribution is -2.37. The molecule has 1 N–H and O–H groups in total. The molecule has 2 rings (SSSR count). The van der Waals surface area contributed by atoms with Crippen LogP contribution in [-0.4, -0.2) is 30.9 Å². The molecule has 1 aromatic rings. The maximum Gasteiger partial charge on any atom is 0.194 e. The molecular formula is C15H16O4. The fourth-order valence-corrected chi connectivity index (χ4v) is 2.01. The topological polar surface area (TPSA) is 55.8 Å². The van der Waals surface area contributed by atoms with Crippen LogP contribution in [0, 0.1) is 0 Å². The number of ether oxygens (including phenoxy) is 2. The minimum Gasteiger partial charge on any atom is -0.507 e. The van der Waals surface area contributed by atoms with Gasteiger partial charge in [0.2, 0.25) is 0 Å². The van der Waals surface area contributed by atoms with Crippen LogP contribution in [0.2, 0.25) is 0 Å². The van der Waals surface area contributed by atoms with Crippen molar-refractivity contribution in [3.8, 4) is 0 Å². The van der Waals surface area contributed by atoms with Crippen LogP contribution in [0.15, 0.2) is 48.1 Å². The number of carbonyl (C=O) groups is 1. The number of benzene rings is 1. The Balaban J connectivity index is 2.40. The molecule has 0 aromatic heterocycles. The molecule has 1 aliphatic carbocycles. The Morgan fingerprint density at radius 3 is 2.37 bits per heavy atom. The molecule has 0 heterocycles. The number of Topliss-reactive ketones (excluding diaryl/α,β-unsaturated/α-hetero) is 1. The van der Waals surface area contributed by atoms with E-state index in [0.717, 1.165) is 0 Å². The second kappa shape index (κ2) is 5.38. The average Bonchev–Trinajstić information content (AvgIpc) is 2.47.